The number of ether oxygens (including phenoxy) is 1. The van der Waals surface area contributed by atoms with Crippen LogP contribution in [0.25, 0.3) is 5.57 Å². The van der Waals surface area contributed by atoms with E-state index in [1.54, 1.807) is 24.3 Å². The van der Waals surface area contributed by atoms with E-state index in [0.29, 0.717) is 17.0 Å². The van der Waals surface area contributed by atoms with Crippen molar-refractivity contribution in [3.63, 3.8) is 0 Å². The van der Waals surface area contributed by atoms with Gasteiger partial charge in [-0.2, -0.15) is 0 Å². The van der Waals surface area contributed by atoms with E-state index >= 15 is 0 Å². The summed E-state index contributed by atoms with van der Waals surface area (Å²) < 4.78 is 19.1. The van der Waals surface area contributed by atoms with Gasteiger partial charge >= 0.3 is 0 Å². The second-order valence-corrected chi connectivity index (χ2v) is 8.25. The van der Waals surface area contributed by atoms with Gasteiger partial charge in [-0.05, 0) is 68.3 Å². The summed E-state index contributed by atoms with van der Waals surface area (Å²) >= 11 is 0. The van der Waals surface area contributed by atoms with E-state index in [1.807, 2.05) is 45.0 Å². The Labute approximate surface area is 192 Å². The van der Waals surface area contributed by atoms with Crippen LogP contribution in [0.15, 0.2) is 78.5 Å². The summed E-state index contributed by atoms with van der Waals surface area (Å²) in [7, 11) is 0. The molecule has 0 aliphatic carbocycles. The molecular weight excluding hydrogens is 419 g/mol. The summed E-state index contributed by atoms with van der Waals surface area (Å²) in [5, 5.41) is 3.04. The van der Waals surface area contributed by atoms with Crippen LogP contribution in [0.2, 0.25) is 0 Å². The first-order valence-electron chi connectivity index (χ1n) is 10.8. The number of anilines is 1. The quantitative estimate of drug-likeness (QED) is 0.502. The topological polar surface area (TPSA) is 58.6 Å². The summed E-state index contributed by atoms with van der Waals surface area (Å²) in [5.74, 6) is -0.522. The van der Waals surface area contributed by atoms with Crippen LogP contribution in [0.4, 0.5) is 10.1 Å². The Morgan fingerprint density at radius 2 is 1.52 bits per heavy atom. The number of rotatable bonds is 7. The summed E-state index contributed by atoms with van der Waals surface area (Å²) in [6.07, 6.45) is 0.0189. The Balaban J connectivity index is 1.70. The molecule has 1 aliphatic rings. The predicted octanol–water partition coefficient (Wildman–Crippen LogP) is 5.31. The zero-order valence-corrected chi connectivity index (χ0v) is 18.8. The van der Waals surface area contributed by atoms with Crippen molar-refractivity contribution in [3.05, 3.63) is 101 Å². The Morgan fingerprint density at radius 1 is 0.879 bits per heavy atom. The van der Waals surface area contributed by atoms with E-state index in [1.165, 1.54) is 29.2 Å². The lowest BCUT2D eigenvalue weighted by molar-refractivity contribution is -0.137. The van der Waals surface area contributed by atoms with Gasteiger partial charge in [0.2, 0.25) is 0 Å². The Hall–Kier alpha value is -3.93. The molecule has 1 aliphatic heterocycles. The lowest BCUT2D eigenvalue weighted by Gasteiger charge is -2.15. The maximum absolute atomic E-state index is 13.4. The lowest BCUT2D eigenvalue weighted by atomic mass is 10.0. The molecule has 6 heteroatoms. The van der Waals surface area contributed by atoms with E-state index in [0.717, 1.165) is 11.1 Å². The normalized spacial score (nSPS) is 13.8. The third kappa shape index (κ3) is 4.95. The highest BCUT2D eigenvalue weighted by molar-refractivity contribution is 6.36. The highest BCUT2D eigenvalue weighted by atomic mass is 19.1. The first kappa shape index (κ1) is 22.3. The predicted molar refractivity (Wildman–Crippen MR) is 126 cm³/mol. The average Bonchev–Trinajstić information content (AvgIpc) is 3.01. The van der Waals surface area contributed by atoms with E-state index in [-0.39, 0.29) is 35.6 Å². The van der Waals surface area contributed by atoms with Gasteiger partial charge in [0.1, 0.15) is 17.3 Å². The summed E-state index contributed by atoms with van der Waals surface area (Å²) in [6, 6.07) is 20.4. The van der Waals surface area contributed by atoms with Crippen molar-refractivity contribution in [2.75, 3.05) is 5.32 Å². The van der Waals surface area contributed by atoms with Crippen molar-refractivity contribution in [3.8, 4) is 5.75 Å². The van der Waals surface area contributed by atoms with Crippen LogP contribution in [0.1, 0.15) is 30.5 Å². The van der Waals surface area contributed by atoms with Gasteiger partial charge in [0.15, 0.2) is 0 Å². The van der Waals surface area contributed by atoms with Crippen LogP contribution >= 0.6 is 0 Å². The van der Waals surface area contributed by atoms with Crippen LogP contribution in [0.3, 0.4) is 0 Å². The number of nitrogens with zero attached hydrogens (tertiary/aromatic N) is 1. The van der Waals surface area contributed by atoms with Crippen LogP contribution in [-0.4, -0.2) is 22.8 Å². The molecule has 0 bridgehead atoms. The number of carbonyl (C=O) groups excluding carboxylic acids is 2. The van der Waals surface area contributed by atoms with Crippen LogP contribution < -0.4 is 10.1 Å². The Kier molecular flexibility index (Phi) is 6.27. The fraction of sp³-hybridized carbons (Fsp3) is 0.185. The van der Waals surface area contributed by atoms with Crippen molar-refractivity contribution in [2.24, 2.45) is 0 Å². The molecule has 0 atom stereocenters. The summed E-state index contributed by atoms with van der Waals surface area (Å²) in [6.45, 7) is 6.00. The smallest absolute Gasteiger partial charge is 0.278 e. The van der Waals surface area contributed by atoms with Gasteiger partial charge in [-0.3, -0.25) is 14.5 Å². The third-order valence-electron chi connectivity index (χ3n) is 5.26. The minimum Gasteiger partial charge on any atom is -0.491 e. The zero-order valence-electron chi connectivity index (χ0n) is 18.8. The number of nitrogens with one attached hydrogen (secondary N) is 1. The van der Waals surface area contributed by atoms with E-state index in [4.69, 9.17) is 4.74 Å². The number of imide groups is 1. The van der Waals surface area contributed by atoms with Gasteiger partial charge in [0.25, 0.3) is 11.8 Å². The zero-order chi connectivity index (χ0) is 23.5. The largest absolute Gasteiger partial charge is 0.491 e. The molecule has 33 heavy (non-hydrogen) atoms. The van der Waals surface area contributed by atoms with Crippen molar-refractivity contribution in [1.29, 1.82) is 0 Å². The van der Waals surface area contributed by atoms with E-state index in [2.05, 4.69) is 5.32 Å². The molecule has 3 aromatic rings. The van der Waals surface area contributed by atoms with Crippen molar-refractivity contribution >= 4 is 23.1 Å². The fourth-order valence-corrected chi connectivity index (χ4v) is 3.63. The molecule has 2 amide bonds. The third-order valence-corrected chi connectivity index (χ3v) is 5.26. The number of aryl methyl sites for hydroxylation is 1. The standard InChI is InChI=1S/C27H25FN2O3/c1-17(2)33-23-14-8-20(9-15-23)24-25(29-22-12-10-21(28)11-13-22)27(32)30(26(24)31)16-19-6-4-18(3)5-7-19/h4-15,17,29H,16H2,1-3H3. The van der Waals surface area contributed by atoms with Crippen LogP contribution in [0, 0.1) is 12.7 Å². The van der Waals surface area contributed by atoms with E-state index in [9.17, 15) is 14.0 Å². The lowest BCUT2D eigenvalue weighted by Crippen LogP contribution is -2.32. The first-order valence-corrected chi connectivity index (χ1v) is 10.8. The maximum Gasteiger partial charge on any atom is 0.278 e. The molecule has 1 N–H and O–H groups in total. The Morgan fingerprint density at radius 3 is 2.12 bits per heavy atom. The fourth-order valence-electron chi connectivity index (χ4n) is 3.63. The van der Waals surface area contributed by atoms with Gasteiger partial charge in [-0.25, -0.2) is 4.39 Å². The van der Waals surface area contributed by atoms with Crippen LogP contribution in [0.5, 0.6) is 5.75 Å². The monoisotopic (exact) mass is 444 g/mol. The molecule has 3 aromatic carbocycles. The second-order valence-electron chi connectivity index (χ2n) is 8.25. The highest BCUT2D eigenvalue weighted by Gasteiger charge is 2.39. The summed E-state index contributed by atoms with van der Waals surface area (Å²) in [5.41, 5.74) is 3.50. The minimum atomic E-state index is -0.428. The Bertz CT molecular complexity index is 1200. The molecule has 4 rings (SSSR count). The molecule has 1 heterocycles. The van der Waals surface area contributed by atoms with Gasteiger partial charge < -0.3 is 10.1 Å². The molecule has 168 valence electrons. The molecule has 0 saturated heterocycles. The average molecular weight is 445 g/mol. The number of hydrogen-bond acceptors (Lipinski definition) is 4. The first-order chi connectivity index (χ1) is 15.8. The van der Waals surface area contributed by atoms with Gasteiger partial charge in [-0.15, -0.1) is 0 Å². The molecule has 5 nitrogen and oxygen atoms in total. The van der Waals surface area contributed by atoms with Gasteiger partial charge in [0, 0.05) is 5.69 Å². The summed E-state index contributed by atoms with van der Waals surface area (Å²) in [4.78, 5) is 28.0. The van der Waals surface area contributed by atoms with Crippen molar-refractivity contribution in [1.82, 2.24) is 4.90 Å². The molecule has 0 radical (unpaired) electrons. The number of hydrogen-bond donors (Lipinski definition) is 1. The number of halogens is 1. The maximum atomic E-state index is 13.4. The van der Waals surface area contributed by atoms with Crippen molar-refractivity contribution < 1.29 is 18.7 Å². The van der Waals surface area contributed by atoms with Gasteiger partial charge in [0.05, 0.1) is 18.2 Å². The van der Waals surface area contributed by atoms with Crippen molar-refractivity contribution in [2.45, 2.75) is 33.4 Å². The SMILES string of the molecule is Cc1ccc(CN2C(=O)C(Nc3ccc(F)cc3)=C(c3ccc(OC(C)C)cc3)C2=O)cc1. The number of amides is 2. The molecule has 0 aromatic heterocycles. The molecule has 0 unspecified atom stereocenters. The number of carbonyl (C=O) groups is 2. The molecule has 0 fully saturated rings. The minimum absolute atomic E-state index is 0.0189. The second kappa shape index (κ2) is 9.28. The van der Waals surface area contributed by atoms with Gasteiger partial charge in [-0.1, -0.05) is 42.0 Å². The molecular formula is C27H25FN2O3. The van der Waals surface area contributed by atoms with Crippen LogP contribution in [-0.2, 0) is 16.1 Å². The molecule has 0 saturated carbocycles. The van der Waals surface area contributed by atoms with E-state index < -0.39 is 5.91 Å². The highest BCUT2D eigenvalue weighted by Crippen LogP contribution is 2.32. The molecule has 0 spiro atoms. The number of benzene rings is 3.